The Bertz CT molecular complexity index is 770. The molecule has 114 valence electrons. The highest BCUT2D eigenvalue weighted by atomic mass is 16.5. The highest BCUT2D eigenvalue weighted by Gasteiger charge is 2.07. The Balaban J connectivity index is 1.66. The molecule has 0 aliphatic carbocycles. The third kappa shape index (κ3) is 4.20. The van der Waals surface area contributed by atoms with E-state index in [4.69, 9.17) is 4.74 Å². The molecule has 1 amide bonds. The van der Waals surface area contributed by atoms with Crippen molar-refractivity contribution in [2.45, 2.75) is 6.61 Å². The summed E-state index contributed by atoms with van der Waals surface area (Å²) in [6.45, 7) is 0.477. The van der Waals surface area contributed by atoms with Gasteiger partial charge in [0.15, 0.2) is 0 Å². The summed E-state index contributed by atoms with van der Waals surface area (Å²) in [6.07, 6.45) is 0. The summed E-state index contributed by atoms with van der Waals surface area (Å²) < 4.78 is 5.75. The number of hydrogen-bond acceptors (Lipinski definition) is 2. The van der Waals surface area contributed by atoms with Crippen molar-refractivity contribution in [1.82, 2.24) is 0 Å². The van der Waals surface area contributed by atoms with Gasteiger partial charge >= 0.3 is 0 Å². The minimum atomic E-state index is -0.152. The van der Waals surface area contributed by atoms with Crippen molar-refractivity contribution >= 4 is 11.6 Å². The zero-order valence-corrected chi connectivity index (χ0v) is 12.6. The molecule has 0 fully saturated rings. The van der Waals surface area contributed by atoms with E-state index in [1.807, 2.05) is 72.8 Å². The van der Waals surface area contributed by atoms with Crippen LogP contribution >= 0.6 is 0 Å². The van der Waals surface area contributed by atoms with E-state index >= 15 is 0 Å². The van der Waals surface area contributed by atoms with E-state index < -0.39 is 0 Å². The van der Waals surface area contributed by atoms with Crippen LogP contribution in [0.4, 0.5) is 5.69 Å². The highest BCUT2D eigenvalue weighted by Crippen LogP contribution is 2.16. The first kappa shape index (κ1) is 14.9. The number of rotatable bonds is 5. The summed E-state index contributed by atoms with van der Waals surface area (Å²) in [5.41, 5.74) is 2.43. The number of nitrogens with one attached hydrogen (secondary N) is 1. The first-order valence-corrected chi connectivity index (χ1v) is 7.44. The van der Waals surface area contributed by atoms with Gasteiger partial charge in [-0.1, -0.05) is 54.6 Å². The molecular formula is C20H17NO2. The van der Waals surface area contributed by atoms with Crippen molar-refractivity contribution < 1.29 is 9.53 Å². The van der Waals surface area contributed by atoms with Crippen LogP contribution in [0.15, 0.2) is 84.9 Å². The van der Waals surface area contributed by atoms with Gasteiger partial charge in [-0.2, -0.15) is 0 Å². The fourth-order valence-corrected chi connectivity index (χ4v) is 2.19. The van der Waals surface area contributed by atoms with Gasteiger partial charge in [0.2, 0.25) is 0 Å². The average Bonchev–Trinajstić information content (AvgIpc) is 2.62. The van der Waals surface area contributed by atoms with Crippen LogP contribution in [0.1, 0.15) is 15.9 Å². The second kappa shape index (κ2) is 7.27. The van der Waals surface area contributed by atoms with E-state index in [-0.39, 0.29) is 5.91 Å². The Labute approximate surface area is 135 Å². The first-order chi connectivity index (χ1) is 11.3. The molecule has 0 saturated heterocycles. The molecule has 0 aromatic heterocycles. The summed E-state index contributed by atoms with van der Waals surface area (Å²) in [5, 5.41) is 2.86. The molecule has 0 spiro atoms. The SMILES string of the molecule is O=C(Nc1ccccc1)c1cccc(OCc2ccccc2)c1. The number of hydrogen-bond donors (Lipinski definition) is 1. The van der Waals surface area contributed by atoms with Gasteiger partial charge in [-0.15, -0.1) is 0 Å². The predicted molar refractivity (Wildman–Crippen MR) is 91.6 cm³/mol. The fourth-order valence-electron chi connectivity index (χ4n) is 2.19. The maximum absolute atomic E-state index is 12.3. The second-order valence-corrected chi connectivity index (χ2v) is 5.12. The van der Waals surface area contributed by atoms with Crippen LogP contribution in [-0.2, 0) is 6.61 Å². The van der Waals surface area contributed by atoms with E-state index in [1.165, 1.54) is 0 Å². The zero-order chi connectivity index (χ0) is 15.9. The lowest BCUT2D eigenvalue weighted by Gasteiger charge is -2.09. The van der Waals surface area contributed by atoms with E-state index in [0.29, 0.717) is 17.9 Å². The fraction of sp³-hybridized carbons (Fsp3) is 0.0500. The minimum absolute atomic E-state index is 0.152. The summed E-state index contributed by atoms with van der Waals surface area (Å²) in [6, 6.07) is 26.5. The van der Waals surface area contributed by atoms with E-state index in [0.717, 1.165) is 11.3 Å². The third-order valence-corrected chi connectivity index (χ3v) is 3.38. The lowest BCUT2D eigenvalue weighted by atomic mass is 10.2. The molecule has 0 radical (unpaired) electrons. The second-order valence-electron chi connectivity index (χ2n) is 5.12. The molecule has 0 aliphatic rings. The Morgan fingerprint density at radius 1 is 0.826 bits per heavy atom. The van der Waals surface area contributed by atoms with Crippen molar-refractivity contribution in [2.75, 3.05) is 5.32 Å². The Hall–Kier alpha value is -3.07. The standard InChI is InChI=1S/C20H17NO2/c22-20(21-18-11-5-2-6-12-18)17-10-7-13-19(14-17)23-15-16-8-3-1-4-9-16/h1-14H,15H2,(H,21,22). The largest absolute Gasteiger partial charge is 0.489 e. The molecule has 0 saturated carbocycles. The number of amides is 1. The van der Waals surface area contributed by atoms with Crippen LogP contribution in [0.5, 0.6) is 5.75 Å². The smallest absolute Gasteiger partial charge is 0.255 e. The van der Waals surface area contributed by atoms with Gasteiger partial charge in [0.05, 0.1) is 0 Å². The molecule has 0 heterocycles. The average molecular weight is 303 g/mol. The van der Waals surface area contributed by atoms with Crippen LogP contribution in [0.25, 0.3) is 0 Å². The quantitative estimate of drug-likeness (QED) is 0.752. The summed E-state index contributed by atoms with van der Waals surface area (Å²) in [4.78, 5) is 12.3. The van der Waals surface area contributed by atoms with Crippen LogP contribution < -0.4 is 10.1 Å². The Kier molecular flexibility index (Phi) is 4.69. The number of anilines is 1. The van der Waals surface area contributed by atoms with Crippen molar-refractivity contribution in [3.63, 3.8) is 0 Å². The normalized spacial score (nSPS) is 10.1. The molecular weight excluding hydrogens is 286 g/mol. The minimum Gasteiger partial charge on any atom is -0.489 e. The van der Waals surface area contributed by atoms with Gasteiger partial charge in [0.25, 0.3) is 5.91 Å². The van der Waals surface area contributed by atoms with Gasteiger partial charge in [-0.05, 0) is 35.9 Å². The molecule has 3 heteroatoms. The molecule has 3 aromatic rings. The number of benzene rings is 3. The monoisotopic (exact) mass is 303 g/mol. The van der Waals surface area contributed by atoms with Gasteiger partial charge in [0, 0.05) is 11.3 Å². The maximum atomic E-state index is 12.3. The highest BCUT2D eigenvalue weighted by molar-refractivity contribution is 6.04. The molecule has 3 rings (SSSR count). The molecule has 3 nitrogen and oxygen atoms in total. The van der Waals surface area contributed by atoms with E-state index in [2.05, 4.69) is 5.32 Å². The van der Waals surface area contributed by atoms with Crippen molar-refractivity contribution in [2.24, 2.45) is 0 Å². The van der Waals surface area contributed by atoms with E-state index in [9.17, 15) is 4.79 Å². The number of carbonyl (C=O) groups is 1. The van der Waals surface area contributed by atoms with Crippen molar-refractivity contribution in [3.05, 3.63) is 96.1 Å². The lowest BCUT2D eigenvalue weighted by molar-refractivity contribution is 0.102. The maximum Gasteiger partial charge on any atom is 0.255 e. The first-order valence-electron chi connectivity index (χ1n) is 7.44. The summed E-state index contributed by atoms with van der Waals surface area (Å²) >= 11 is 0. The third-order valence-electron chi connectivity index (χ3n) is 3.38. The molecule has 23 heavy (non-hydrogen) atoms. The molecule has 0 aliphatic heterocycles. The molecule has 0 unspecified atom stereocenters. The van der Waals surface area contributed by atoms with Crippen LogP contribution in [0.3, 0.4) is 0 Å². The number of ether oxygens (including phenoxy) is 1. The van der Waals surface area contributed by atoms with Gasteiger partial charge in [0.1, 0.15) is 12.4 Å². The molecule has 1 N–H and O–H groups in total. The molecule has 0 bridgehead atoms. The van der Waals surface area contributed by atoms with Crippen LogP contribution in [0, 0.1) is 0 Å². The summed E-state index contributed by atoms with van der Waals surface area (Å²) in [7, 11) is 0. The lowest BCUT2D eigenvalue weighted by Crippen LogP contribution is -2.11. The van der Waals surface area contributed by atoms with E-state index in [1.54, 1.807) is 12.1 Å². The topological polar surface area (TPSA) is 38.3 Å². The van der Waals surface area contributed by atoms with Gasteiger partial charge < -0.3 is 10.1 Å². The van der Waals surface area contributed by atoms with Crippen molar-refractivity contribution in [1.29, 1.82) is 0 Å². The predicted octanol–water partition coefficient (Wildman–Crippen LogP) is 4.52. The summed E-state index contributed by atoms with van der Waals surface area (Å²) in [5.74, 6) is 0.524. The molecule has 0 atom stereocenters. The van der Waals surface area contributed by atoms with Gasteiger partial charge in [-0.3, -0.25) is 4.79 Å². The van der Waals surface area contributed by atoms with Crippen LogP contribution in [0.2, 0.25) is 0 Å². The van der Waals surface area contributed by atoms with Gasteiger partial charge in [-0.25, -0.2) is 0 Å². The molecule has 3 aromatic carbocycles. The Morgan fingerprint density at radius 3 is 2.26 bits per heavy atom. The zero-order valence-electron chi connectivity index (χ0n) is 12.6. The Morgan fingerprint density at radius 2 is 1.52 bits per heavy atom. The van der Waals surface area contributed by atoms with Crippen LogP contribution in [-0.4, -0.2) is 5.91 Å². The number of para-hydroxylation sites is 1. The van der Waals surface area contributed by atoms with Crippen molar-refractivity contribution in [3.8, 4) is 5.75 Å². The number of carbonyl (C=O) groups excluding carboxylic acids is 1.